The van der Waals surface area contributed by atoms with Gasteiger partial charge in [-0.05, 0) is 61.9 Å². The molecular formula is C22H17Cl2N3O. The van der Waals surface area contributed by atoms with Crippen molar-refractivity contribution in [2.45, 2.75) is 13.8 Å². The highest BCUT2D eigenvalue weighted by atomic mass is 35.5. The average Bonchev–Trinajstić information content (AvgIpc) is 3.04. The molecule has 0 aliphatic rings. The molecular weight excluding hydrogens is 393 g/mol. The van der Waals surface area contributed by atoms with Crippen LogP contribution in [0.25, 0.3) is 16.8 Å². The molecule has 4 rings (SSSR count). The van der Waals surface area contributed by atoms with E-state index >= 15 is 0 Å². The summed E-state index contributed by atoms with van der Waals surface area (Å²) in [6.07, 6.45) is 1.94. The lowest BCUT2D eigenvalue weighted by Crippen LogP contribution is -2.13. The first-order chi connectivity index (χ1) is 13.4. The van der Waals surface area contributed by atoms with Crippen molar-refractivity contribution in [3.63, 3.8) is 0 Å². The number of aromatic nitrogens is 2. The highest BCUT2D eigenvalue weighted by Gasteiger charge is 2.21. The number of nitrogens with zero attached hydrogens (tertiary/aromatic N) is 2. The third-order valence-electron chi connectivity index (χ3n) is 4.54. The summed E-state index contributed by atoms with van der Waals surface area (Å²) < 4.78 is 1.94. The van der Waals surface area contributed by atoms with Crippen LogP contribution < -0.4 is 5.32 Å². The Hall–Kier alpha value is -2.82. The van der Waals surface area contributed by atoms with Gasteiger partial charge in [-0.15, -0.1) is 0 Å². The van der Waals surface area contributed by atoms with Gasteiger partial charge >= 0.3 is 0 Å². The molecule has 2 aromatic heterocycles. The molecule has 0 saturated carbocycles. The van der Waals surface area contributed by atoms with Crippen LogP contribution in [0.5, 0.6) is 0 Å². The van der Waals surface area contributed by atoms with E-state index in [2.05, 4.69) is 10.3 Å². The maximum Gasteiger partial charge on any atom is 0.260 e. The number of halogens is 2. The number of hydrogen-bond donors (Lipinski definition) is 1. The minimum absolute atomic E-state index is 0.229. The van der Waals surface area contributed by atoms with Crippen LogP contribution in [-0.2, 0) is 0 Å². The molecule has 0 fully saturated rings. The summed E-state index contributed by atoms with van der Waals surface area (Å²) in [4.78, 5) is 17.9. The molecule has 0 atom stereocenters. The summed E-state index contributed by atoms with van der Waals surface area (Å²) in [6.45, 7) is 3.91. The van der Waals surface area contributed by atoms with E-state index in [0.29, 0.717) is 26.9 Å². The first kappa shape index (κ1) is 18.5. The van der Waals surface area contributed by atoms with E-state index < -0.39 is 0 Å². The number of fused-ring (bicyclic) bond motifs is 1. The quantitative estimate of drug-likeness (QED) is 0.439. The van der Waals surface area contributed by atoms with Crippen LogP contribution in [0.3, 0.4) is 0 Å². The number of carbonyl (C=O) groups excluding carboxylic acids is 1. The molecule has 0 unspecified atom stereocenters. The van der Waals surface area contributed by atoms with Gasteiger partial charge in [0.1, 0.15) is 0 Å². The standard InChI is InChI=1S/C22H17Cl2N3O/c1-13-11-14(2)27-12-19(15-3-5-16(23)6-4-15)20(21(27)25-13)22(28)26-18-9-7-17(24)8-10-18/h3-12H,1-2H3,(H,26,28). The zero-order chi connectivity index (χ0) is 19.8. The normalized spacial score (nSPS) is 11.0. The Morgan fingerprint density at radius 1 is 0.964 bits per heavy atom. The van der Waals surface area contributed by atoms with Gasteiger partial charge in [0.2, 0.25) is 0 Å². The average molecular weight is 410 g/mol. The van der Waals surface area contributed by atoms with E-state index in [0.717, 1.165) is 22.5 Å². The molecule has 2 aromatic carbocycles. The first-order valence-electron chi connectivity index (χ1n) is 8.74. The molecule has 4 nitrogen and oxygen atoms in total. The molecule has 0 aliphatic carbocycles. The second-order valence-electron chi connectivity index (χ2n) is 6.62. The molecule has 4 aromatic rings. The van der Waals surface area contributed by atoms with E-state index in [4.69, 9.17) is 23.2 Å². The Bertz CT molecular complexity index is 1180. The summed E-state index contributed by atoms with van der Waals surface area (Å²) in [5.41, 5.74) is 5.35. The second kappa shape index (κ2) is 7.30. The van der Waals surface area contributed by atoms with Crippen LogP contribution in [0.1, 0.15) is 21.7 Å². The molecule has 28 heavy (non-hydrogen) atoms. The number of amides is 1. The Balaban J connectivity index is 1.88. The molecule has 1 amide bonds. The highest BCUT2D eigenvalue weighted by molar-refractivity contribution is 6.31. The van der Waals surface area contributed by atoms with Crippen molar-refractivity contribution in [3.8, 4) is 11.1 Å². The predicted octanol–water partition coefficient (Wildman–Crippen LogP) is 6.18. The van der Waals surface area contributed by atoms with E-state index in [9.17, 15) is 4.79 Å². The van der Waals surface area contributed by atoms with Gasteiger partial charge in [0.05, 0.1) is 5.56 Å². The zero-order valence-electron chi connectivity index (χ0n) is 15.3. The molecule has 0 radical (unpaired) electrons. The lowest BCUT2D eigenvalue weighted by Gasteiger charge is -2.08. The van der Waals surface area contributed by atoms with Crippen LogP contribution in [0, 0.1) is 13.8 Å². The van der Waals surface area contributed by atoms with Crippen molar-refractivity contribution in [3.05, 3.63) is 87.8 Å². The van der Waals surface area contributed by atoms with Gasteiger partial charge in [-0.1, -0.05) is 35.3 Å². The fourth-order valence-electron chi connectivity index (χ4n) is 3.24. The van der Waals surface area contributed by atoms with Gasteiger partial charge in [-0.3, -0.25) is 4.79 Å². The smallest absolute Gasteiger partial charge is 0.260 e. The van der Waals surface area contributed by atoms with Crippen LogP contribution in [-0.4, -0.2) is 15.3 Å². The number of anilines is 1. The van der Waals surface area contributed by atoms with Gasteiger partial charge in [0.25, 0.3) is 5.91 Å². The summed E-state index contributed by atoms with van der Waals surface area (Å²) in [7, 11) is 0. The minimum Gasteiger partial charge on any atom is -0.322 e. The van der Waals surface area contributed by atoms with Crippen molar-refractivity contribution in [1.29, 1.82) is 0 Å². The maximum absolute atomic E-state index is 13.2. The number of benzene rings is 2. The third kappa shape index (κ3) is 3.49. The molecule has 1 N–H and O–H groups in total. The predicted molar refractivity (Wildman–Crippen MR) is 115 cm³/mol. The van der Waals surface area contributed by atoms with Crippen molar-refractivity contribution < 1.29 is 4.79 Å². The van der Waals surface area contributed by atoms with Crippen molar-refractivity contribution >= 4 is 40.4 Å². The minimum atomic E-state index is -0.229. The molecule has 0 bridgehead atoms. The molecule has 0 spiro atoms. The van der Waals surface area contributed by atoms with Gasteiger partial charge in [0, 0.05) is 38.9 Å². The van der Waals surface area contributed by atoms with Crippen molar-refractivity contribution in [2.24, 2.45) is 0 Å². The Kier molecular flexibility index (Phi) is 4.84. The zero-order valence-corrected chi connectivity index (χ0v) is 16.8. The van der Waals surface area contributed by atoms with E-state index in [-0.39, 0.29) is 5.91 Å². The monoisotopic (exact) mass is 409 g/mol. The van der Waals surface area contributed by atoms with Crippen LogP contribution in [0.2, 0.25) is 10.0 Å². The molecule has 6 heteroatoms. The number of aryl methyl sites for hydroxylation is 2. The largest absolute Gasteiger partial charge is 0.322 e. The SMILES string of the molecule is Cc1cc(C)n2cc(-c3ccc(Cl)cc3)c(C(=O)Nc3ccc(Cl)cc3)c2n1. The molecule has 0 saturated heterocycles. The molecule has 0 aliphatic heterocycles. The Morgan fingerprint density at radius 2 is 1.57 bits per heavy atom. The third-order valence-corrected chi connectivity index (χ3v) is 5.05. The van der Waals surface area contributed by atoms with Crippen molar-refractivity contribution in [1.82, 2.24) is 9.38 Å². The summed E-state index contributed by atoms with van der Waals surface area (Å²) in [5, 5.41) is 4.20. The Morgan fingerprint density at radius 3 is 2.21 bits per heavy atom. The van der Waals surface area contributed by atoms with E-state index in [1.165, 1.54) is 0 Å². The number of hydrogen-bond acceptors (Lipinski definition) is 2. The van der Waals surface area contributed by atoms with Crippen LogP contribution in [0.15, 0.2) is 60.8 Å². The van der Waals surface area contributed by atoms with Gasteiger partial charge in [-0.2, -0.15) is 0 Å². The second-order valence-corrected chi connectivity index (χ2v) is 7.49. The molecule has 140 valence electrons. The summed E-state index contributed by atoms with van der Waals surface area (Å²) in [5.74, 6) is -0.229. The fraction of sp³-hybridized carbons (Fsp3) is 0.0909. The van der Waals surface area contributed by atoms with Crippen LogP contribution in [0.4, 0.5) is 5.69 Å². The van der Waals surface area contributed by atoms with E-state index in [1.807, 2.05) is 54.8 Å². The van der Waals surface area contributed by atoms with E-state index in [1.54, 1.807) is 24.3 Å². The van der Waals surface area contributed by atoms with Gasteiger partial charge in [0.15, 0.2) is 5.65 Å². The number of rotatable bonds is 3. The maximum atomic E-state index is 13.2. The lowest BCUT2D eigenvalue weighted by molar-refractivity contribution is 0.102. The topological polar surface area (TPSA) is 46.4 Å². The number of carbonyl (C=O) groups is 1. The first-order valence-corrected chi connectivity index (χ1v) is 9.50. The van der Waals surface area contributed by atoms with Gasteiger partial charge < -0.3 is 9.72 Å². The Labute approximate surface area is 172 Å². The van der Waals surface area contributed by atoms with Crippen molar-refractivity contribution in [2.75, 3.05) is 5.32 Å². The summed E-state index contributed by atoms with van der Waals surface area (Å²) >= 11 is 12.0. The molecule has 2 heterocycles. The van der Waals surface area contributed by atoms with Gasteiger partial charge in [-0.25, -0.2) is 4.98 Å². The highest BCUT2D eigenvalue weighted by Crippen LogP contribution is 2.31. The number of nitrogens with one attached hydrogen (secondary N) is 1. The summed E-state index contributed by atoms with van der Waals surface area (Å²) in [6, 6.07) is 16.4. The lowest BCUT2D eigenvalue weighted by atomic mass is 10.0. The van der Waals surface area contributed by atoms with Crippen LogP contribution >= 0.6 is 23.2 Å². The fourth-order valence-corrected chi connectivity index (χ4v) is 3.50.